The van der Waals surface area contributed by atoms with Crippen molar-refractivity contribution in [2.75, 3.05) is 0 Å². The summed E-state index contributed by atoms with van der Waals surface area (Å²) in [6.45, 7) is 1.84. The molecule has 2 aliphatic heterocycles. The van der Waals surface area contributed by atoms with E-state index in [0.29, 0.717) is 22.4 Å². The Morgan fingerprint density at radius 1 is 1.11 bits per heavy atom. The predicted octanol–water partition coefficient (Wildman–Crippen LogP) is 4.31. The number of carbonyl (C=O) groups excluding carboxylic acids is 2. The Balaban J connectivity index is 1.48. The van der Waals surface area contributed by atoms with Crippen LogP contribution in [0.3, 0.4) is 0 Å². The quantitative estimate of drug-likeness (QED) is 0.740. The first-order chi connectivity index (χ1) is 13.1. The van der Waals surface area contributed by atoms with Gasteiger partial charge in [0.05, 0.1) is 10.6 Å². The molecular formula is C21H22N2O3S. The highest BCUT2D eigenvalue weighted by molar-refractivity contribution is 7.99. The van der Waals surface area contributed by atoms with Gasteiger partial charge in [0.1, 0.15) is 0 Å². The zero-order valence-corrected chi connectivity index (χ0v) is 16.1. The molecule has 4 aliphatic rings. The molecule has 6 heteroatoms. The van der Waals surface area contributed by atoms with Crippen LogP contribution in [0.1, 0.15) is 48.4 Å². The van der Waals surface area contributed by atoms with Crippen molar-refractivity contribution >= 4 is 23.6 Å². The largest absolute Gasteiger partial charge is 0.349 e. The smallest absolute Gasteiger partial charge is 0.300 e. The predicted molar refractivity (Wildman–Crippen MR) is 100 cm³/mol. The summed E-state index contributed by atoms with van der Waals surface area (Å²) < 4.78 is 5.44. The fraction of sp³-hybridized carbons (Fsp3) is 0.476. The van der Waals surface area contributed by atoms with Gasteiger partial charge in [-0.2, -0.15) is 0 Å². The van der Waals surface area contributed by atoms with E-state index in [1.807, 2.05) is 37.3 Å². The van der Waals surface area contributed by atoms with E-state index in [2.05, 4.69) is 5.16 Å². The van der Waals surface area contributed by atoms with Crippen LogP contribution in [0.15, 0.2) is 44.6 Å². The molecular weight excluding hydrogens is 360 g/mol. The number of nitrogens with zero attached hydrogens (tertiary/aromatic N) is 2. The minimum atomic E-state index is -0.308. The van der Waals surface area contributed by atoms with E-state index in [9.17, 15) is 9.59 Å². The van der Waals surface area contributed by atoms with Crippen molar-refractivity contribution in [3.8, 4) is 0 Å². The third kappa shape index (κ3) is 2.90. The van der Waals surface area contributed by atoms with Gasteiger partial charge in [0.2, 0.25) is 11.7 Å². The van der Waals surface area contributed by atoms with Gasteiger partial charge >= 0.3 is 5.91 Å². The minimum Gasteiger partial charge on any atom is -0.349 e. The Hall–Kier alpha value is -2.08. The molecule has 2 saturated heterocycles. The molecule has 0 spiro atoms. The number of fused-ring (bicyclic) bond motifs is 1. The second-order valence-corrected chi connectivity index (χ2v) is 9.20. The zero-order chi connectivity index (χ0) is 18.5. The molecule has 2 unspecified atom stereocenters. The Morgan fingerprint density at radius 3 is 2.52 bits per heavy atom. The van der Waals surface area contributed by atoms with Crippen molar-refractivity contribution in [1.82, 2.24) is 10.1 Å². The summed E-state index contributed by atoms with van der Waals surface area (Å²) >= 11 is 1.47. The molecule has 2 atom stereocenters. The van der Waals surface area contributed by atoms with Crippen LogP contribution in [0, 0.1) is 24.7 Å². The van der Waals surface area contributed by atoms with Gasteiger partial charge in [0.25, 0.3) is 0 Å². The molecule has 27 heavy (non-hydrogen) atoms. The van der Waals surface area contributed by atoms with Crippen molar-refractivity contribution in [3.63, 3.8) is 0 Å². The van der Waals surface area contributed by atoms with E-state index in [4.69, 9.17) is 4.52 Å². The van der Waals surface area contributed by atoms with Gasteiger partial charge in [-0.15, -0.1) is 0 Å². The van der Waals surface area contributed by atoms with Crippen LogP contribution in [0.2, 0.25) is 0 Å². The van der Waals surface area contributed by atoms with Gasteiger partial charge < -0.3 is 4.52 Å². The van der Waals surface area contributed by atoms with Crippen molar-refractivity contribution in [3.05, 3.63) is 41.8 Å². The van der Waals surface area contributed by atoms with E-state index in [-0.39, 0.29) is 29.5 Å². The lowest BCUT2D eigenvalue weighted by Gasteiger charge is -2.37. The highest BCUT2D eigenvalue weighted by atomic mass is 32.2. The normalized spacial score (nSPS) is 29.2. The van der Waals surface area contributed by atoms with E-state index >= 15 is 0 Å². The van der Waals surface area contributed by atoms with Crippen LogP contribution in [-0.4, -0.2) is 27.9 Å². The summed E-state index contributed by atoms with van der Waals surface area (Å²) in [5.41, 5.74) is 0.681. The minimum absolute atomic E-state index is 0.000514. The van der Waals surface area contributed by atoms with Gasteiger partial charge in [-0.3, -0.25) is 14.5 Å². The maximum Gasteiger partial charge on any atom is 0.300 e. The molecule has 2 amide bonds. The molecule has 0 N–H and O–H groups in total. The summed E-state index contributed by atoms with van der Waals surface area (Å²) in [5, 5.41) is 4.03. The molecule has 2 aromatic rings. The van der Waals surface area contributed by atoms with Crippen molar-refractivity contribution in [2.45, 2.75) is 54.9 Å². The van der Waals surface area contributed by atoms with Crippen molar-refractivity contribution in [2.24, 2.45) is 17.8 Å². The lowest BCUT2D eigenvalue weighted by Crippen LogP contribution is -2.45. The van der Waals surface area contributed by atoms with E-state index in [1.54, 1.807) is 0 Å². The number of aryl methyl sites for hydroxylation is 1. The molecule has 2 aliphatic carbocycles. The topological polar surface area (TPSA) is 63.4 Å². The molecule has 2 saturated carbocycles. The van der Waals surface area contributed by atoms with Gasteiger partial charge in [-0.25, -0.2) is 0 Å². The van der Waals surface area contributed by atoms with Gasteiger partial charge in [-0.05, 0) is 63.0 Å². The van der Waals surface area contributed by atoms with Crippen LogP contribution >= 0.6 is 11.8 Å². The SMILES string of the molecule is Cc1noc(C(=O)N2C(=O)C3CC4CC(C3)CC2C4)c1Sc1ccccc1. The molecule has 1 aromatic carbocycles. The van der Waals surface area contributed by atoms with Crippen LogP contribution in [0.4, 0.5) is 0 Å². The number of imide groups is 1. The van der Waals surface area contributed by atoms with E-state index in [1.165, 1.54) is 23.1 Å². The Morgan fingerprint density at radius 2 is 1.81 bits per heavy atom. The fourth-order valence-corrected chi connectivity index (χ4v) is 6.14. The van der Waals surface area contributed by atoms with Gasteiger partial charge in [-0.1, -0.05) is 35.1 Å². The average Bonchev–Trinajstić information content (AvgIpc) is 2.94. The Labute approximate surface area is 162 Å². The monoisotopic (exact) mass is 382 g/mol. The first kappa shape index (κ1) is 17.0. The average molecular weight is 382 g/mol. The molecule has 3 heterocycles. The maximum atomic E-state index is 13.4. The summed E-state index contributed by atoms with van der Waals surface area (Å²) in [6.07, 6.45) is 4.99. The second kappa shape index (κ2) is 6.51. The number of rotatable bonds is 3. The van der Waals surface area contributed by atoms with Gasteiger partial charge in [0, 0.05) is 16.9 Å². The zero-order valence-electron chi connectivity index (χ0n) is 15.3. The number of amides is 2. The number of hydrogen-bond donors (Lipinski definition) is 0. The second-order valence-electron chi connectivity index (χ2n) is 8.12. The third-order valence-corrected chi connectivity index (χ3v) is 7.44. The summed E-state index contributed by atoms with van der Waals surface area (Å²) in [4.78, 5) is 29.8. The van der Waals surface area contributed by atoms with Crippen LogP contribution in [0.5, 0.6) is 0 Å². The van der Waals surface area contributed by atoms with Crippen LogP contribution in [-0.2, 0) is 4.79 Å². The molecule has 140 valence electrons. The highest BCUT2D eigenvalue weighted by Crippen LogP contribution is 2.48. The van der Waals surface area contributed by atoms with Crippen LogP contribution < -0.4 is 0 Å². The Kier molecular flexibility index (Phi) is 4.11. The molecule has 5 nitrogen and oxygen atoms in total. The molecule has 4 bridgehead atoms. The van der Waals surface area contributed by atoms with Crippen LogP contribution in [0.25, 0.3) is 0 Å². The highest BCUT2D eigenvalue weighted by Gasteiger charge is 2.49. The van der Waals surface area contributed by atoms with Gasteiger partial charge in [0.15, 0.2) is 0 Å². The lowest BCUT2D eigenvalue weighted by atomic mass is 9.68. The number of aromatic nitrogens is 1. The lowest BCUT2D eigenvalue weighted by molar-refractivity contribution is -0.133. The number of benzene rings is 1. The Bertz CT molecular complexity index is 880. The maximum absolute atomic E-state index is 13.4. The standard InChI is InChI=1S/C21H22N2O3S/c1-12-19(27-17-5-3-2-4-6-17)18(26-22-12)21(25)23-16-10-13-7-14(11-16)9-15(8-13)20(23)24/h2-6,13-16H,7-11H2,1H3. The summed E-state index contributed by atoms with van der Waals surface area (Å²) in [7, 11) is 0. The first-order valence-electron chi connectivity index (χ1n) is 9.66. The molecule has 0 radical (unpaired) electrons. The number of carbonyl (C=O) groups is 2. The molecule has 4 fully saturated rings. The van der Waals surface area contributed by atoms with E-state index < -0.39 is 0 Å². The fourth-order valence-electron chi connectivity index (χ4n) is 5.20. The third-order valence-electron chi connectivity index (χ3n) is 6.25. The first-order valence-corrected chi connectivity index (χ1v) is 10.5. The molecule has 1 aromatic heterocycles. The van der Waals surface area contributed by atoms with E-state index in [0.717, 1.165) is 30.6 Å². The summed E-state index contributed by atoms with van der Waals surface area (Å²) in [6, 6.07) is 9.87. The number of hydrogen-bond acceptors (Lipinski definition) is 5. The summed E-state index contributed by atoms with van der Waals surface area (Å²) in [5.74, 6) is 1.07. The van der Waals surface area contributed by atoms with Crippen molar-refractivity contribution < 1.29 is 14.1 Å². The van der Waals surface area contributed by atoms with Crippen molar-refractivity contribution in [1.29, 1.82) is 0 Å². The molecule has 6 rings (SSSR count).